The third-order valence-corrected chi connectivity index (χ3v) is 5.04. The molecule has 158 valence electrons. The summed E-state index contributed by atoms with van der Waals surface area (Å²) in [5.74, 6) is -1.33. The van der Waals surface area contributed by atoms with Crippen molar-refractivity contribution in [2.45, 2.75) is 0 Å². The van der Waals surface area contributed by atoms with Crippen LogP contribution in [0, 0.1) is 10.1 Å². The van der Waals surface area contributed by atoms with Crippen LogP contribution in [0.1, 0.15) is 15.9 Å². The van der Waals surface area contributed by atoms with Gasteiger partial charge in [-0.2, -0.15) is 0 Å². The minimum absolute atomic E-state index is 0.146. The summed E-state index contributed by atoms with van der Waals surface area (Å²) in [7, 11) is 0. The van der Waals surface area contributed by atoms with Crippen molar-refractivity contribution in [3.8, 4) is 5.75 Å². The molecule has 2 aromatic carbocycles. The van der Waals surface area contributed by atoms with Crippen LogP contribution in [-0.2, 0) is 9.59 Å². The number of carbonyl (C=O) groups excluding carboxylic acids is 4. The van der Waals surface area contributed by atoms with Gasteiger partial charge in [0.2, 0.25) is 0 Å². The number of non-ortho nitro benzene ring substituents is 1. The molecule has 1 fully saturated rings. The Morgan fingerprint density at radius 3 is 2.32 bits per heavy atom. The maximum Gasteiger partial charge on any atom is 0.293 e. The number of nitro groups is 1. The fourth-order valence-corrected chi connectivity index (χ4v) is 3.44. The average Bonchev–Trinajstić information content (AvgIpc) is 3.00. The lowest BCUT2D eigenvalue weighted by Gasteiger charge is -2.11. The first-order valence-corrected chi connectivity index (χ1v) is 9.60. The molecule has 3 amide bonds. The van der Waals surface area contributed by atoms with E-state index in [4.69, 9.17) is 10.5 Å². The van der Waals surface area contributed by atoms with Gasteiger partial charge in [0.15, 0.2) is 12.4 Å². The lowest BCUT2D eigenvalue weighted by molar-refractivity contribution is -0.384. The quantitative estimate of drug-likeness (QED) is 0.284. The van der Waals surface area contributed by atoms with Gasteiger partial charge in [0.1, 0.15) is 5.75 Å². The molecule has 1 aliphatic heterocycles. The van der Waals surface area contributed by atoms with Crippen molar-refractivity contribution in [2.75, 3.05) is 13.2 Å². The Morgan fingerprint density at radius 1 is 1.10 bits per heavy atom. The van der Waals surface area contributed by atoms with Crippen LogP contribution in [0.4, 0.5) is 10.5 Å². The number of hydrogen-bond acceptors (Lipinski definition) is 8. The Balaban J connectivity index is 1.68. The van der Waals surface area contributed by atoms with Crippen LogP contribution in [0.25, 0.3) is 6.08 Å². The third-order valence-electron chi connectivity index (χ3n) is 4.13. The average molecular weight is 441 g/mol. The highest BCUT2D eigenvalue weighted by Crippen LogP contribution is 2.32. The molecule has 2 aromatic rings. The number of nitrogens with two attached hydrogens (primary N) is 1. The summed E-state index contributed by atoms with van der Waals surface area (Å²) in [6.07, 6.45) is 1.50. The Morgan fingerprint density at radius 2 is 1.74 bits per heavy atom. The summed E-state index contributed by atoms with van der Waals surface area (Å²) in [5.41, 5.74) is 5.60. The minimum Gasteiger partial charge on any atom is -0.484 e. The van der Waals surface area contributed by atoms with E-state index in [1.807, 2.05) is 0 Å². The van der Waals surface area contributed by atoms with Gasteiger partial charge in [-0.1, -0.05) is 12.1 Å². The number of nitrogens with zero attached hydrogens (tertiary/aromatic N) is 2. The number of rotatable bonds is 8. The summed E-state index contributed by atoms with van der Waals surface area (Å²) >= 11 is 0.703. The van der Waals surface area contributed by atoms with E-state index in [-0.39, 0.29) is 22.8 Å². The van der Waals surface area contributed by atoms with Crippen LogP contribution < -0.4 is 10.5 Å². The second kappa shape index (κ2) is 9.22. The molecular formula is C20H15N3O7S. The van der Waals surface area contributed by atoms with E-state index in [9.17, 15) is 29.3 Å². The summed E-state index contributed by atoms with van der Waals surface area (Å²) in [4.78, 5) is 59.0. The van der Waals surface area contributed by atoms with E-state index in [1.54, 1.807) is 24.3 Å². The molecule has 0 aromatic heterocycles. The molecule has 1 aliphatic rings. The molecule has 0 unspecified atom stereocenters. The Bertz CT molecular complexity index is 1090. The van der Waals surface area contributed by atoms with Crippen molar-refractivity contribution in [3.05, 3.63) is 74.7 Å². The van der Waals surface area contributed by atoms with Crippen LogP contribution in [0.2, 0.25) is 0 Å². The normalized spacial score (nSPS) is 14.7. The molecule has 0 spiro atoms. The fraction of sp³-hybridized carbons (Fsp3) is 0.100. The van der Waals surface area contributed by atoms with Crippen LogP contribution in [0.15, 0.2) is 53.4 Å². The predicted octanol–water partition coefficient (Wildman–Crippen LogP) is 2.38. The first kappa shape index (κ1) is 21.7. The van der Waals surface area contributed by atoms with Crippen LogP contribution in [-0.4, -0.2) is 45.8 Å². The summed E-state index contributed by atoms with van der Waals surface area (Å²) in [5, 5.41) is 10.1. The summed E-state index contributed by atoms with van der Waals surface area (Å²) in [6, 6.07) is 11.3. The lowest BCUT2D eigenvalue weighted by Crippen LogP contribution is -2.33. The first-order chi connectivity index (χ1) is 14.7. The number of ketones is 1. The number of Topliss-reactive ketones (excluding diaryl/α,β-unsaturated/α-hetero) is 1. The zero-order chi connectivity index (χ0) is 22.5. The second-order valence-corrected chi connectivity index (χ2v) is 7.31. The Kier molecular flexibility index (Phi) is 6.46. The molecule has 0 atom stereocenters. The van der Waals surface area contributed by atoms with E-state index >= 15 is 0 Å². The molecule has 1 saturated heterocycles. The van der Waals surface area contributed by atoms with Gasteiger partial charge in [0, 0.05) is 17.7 Å². The van der Waals surface area contributed by atoms with Gasteiger partial charge in [-0.05, 0) is 47.7 Å². The summed E-state index contributed by atoms with van der Waals surface area (Å²) in [6.45, 7) is -0.735. The molecule has 2 N–H and O–H groups in total. The van der Waals surface area contributed by atoms with E-state index < -0.39 is 34.3 Å². The zero-order valence-electron chi connectivity index (χ0n) is 15.8. The Hall–Kier alpha value is -3.99. The molecular weight excluding hydrogens is 426 g/mol. The molecule has 1 heterocycles. The van der Waals surface area contributed by atoms with E-state index in [1.165, 1.54) is 30.3 Å². The molecule has 3 rings (SSSR count). The van der Waals surface area contributed by atoms with Crippen molar-refractivity contribution >= 4 is 46.4 Å². The zero-order valence-corrected chi connectivity index (χ0v) is 16.7. The highest BCUT2D eigenvalue weighted by atomic mass is 32.2. The topological polar surface area (TPSA) is 150 Å². The van der Waals surface area contributed by atoms with E-state index in [0.29, 0.717) is 23.1 Å². The van der Waals surface area contributed by atoms with Crippen molar-refractivity contribution in [2.24, 2.45) is 5.73 Å². The van der Waals surface area contributed by atoms with Gasteiger partial charge >= 0.3 is 0 Å². The maximum atomic E-state index is 12.6. The standard InChI is InChI=1S/C20H15N3O7S/c21-18(25)11-30-15-7-1-12(2-8-15)9-17-19(26)22(20(27)31-17)10-16(24)13-3-5-14(6-4-13)23(28)29/h1-9H,10-11H2,(H2,21,25)/b17-9-. The molecule has 0 radical (unpaired) electrons. The predicted molar refractivity (Wildman–Crippen MR) is 111 cm³/mol. The number of amides is 3. The van der Waals surface area contributed by atoms with Gasteiger partial charge in [-0.3, -0.25) is 34.2 Å². The molecule has 11 heteroatoms. The number of hydrogen-bond donors (Lipinski definition) is 1. The lowest BCUT2D eigenvalue weighted by atomic mass is 10.1. The number of imide groups is 1. The van der Waals surface area contributed by atoms with Gasteiger partial charge in [-0.15, -0.1) is 0 Å². The number of primary amides is 1. The second-order valence-electron chi connectivity index (χ2n) is 6.32. The highest BCUT2D eigenvalue weighted by Gasteiger charge is 2.36. The Labute approximate surface area is 179 Å². The molecule has 0 bridgehead atoms. The number of benzene rings is 2. The summed E-state index contributed by atoms with van der Waals surface area (Å²) < 4.78 is 5.15. The van der Waals surface area contributed by atoms with Crippen LogP contribution >= 0.6 is 11.8 Å². The van der Waals surface area contributed by atoms with Gasteiger partial charge in [0.25, 0.3) is 22.7 Å². The van der Waals surface area contributed by atoms with Gasteiger partial charge < -0.3 is 10.5 Å². The number of ether oxygens (including phenoxy) is 1. The number of thioether (sulfide) groups is 1. The van der Waals surface area contributed by atoms with Crippen LogP contribution in [0.5, 0.6) is 5.75 Å². The van der Waals surface area contributed by atoms with Gasteiger partial charge in [-0.25, -0.2) is 0 Å². The minimum atomic E-state index is -0.612. The molecule has 31 heavy (non-hydrogen) atoms. The first-order valence-electron chi connectivity index (χ1n) is 8.79. The van der Waals surface area contributed by atoms with E-state index in [0.717, 1.165) is 4.90 Å². The molecule has 10 nitrogen and oxygen atoms in total. The largest absolute Gasteiger partial charge is 0.484 e. The van der Waals surface area contributed by atoms with Crippen LogP contribution in [0.3, 0.4) is 0 Å². The number of nitro benzene ring substituents is 1. The smallest absolute Gasteiger partial charge is 0.293 e. The SMILES string of the molecule is NC(=O)COc1ccc(/C=C2\SC(=O)N(CC(=O)c3ccc([N+](=O)[O-])cc3)C2=O)cc1. The van der Waals surface area contributed by atoms with Gasteiger partial charge in [0.05, 0.1) is 16.4 Å². The van der Waals surface area contributed by atoms with Crippen molar-refractivity contribution in [1.29, 1.82) is 0 Å². The monoisotopic (exact) mass is 441 g/mol. The van der Waals surface area contributed by atoms with Crippen molar-refractivity contribution < 1.29 is 28.8 Å². The fourth-order valence-electron chi connectivity index (χ4n) is 2.61. The van der Waals surface area contributed by atoms with Crippen molar-refractivity contribution in [3.63, 3.8) is 0 Å². The molecule has 0 aliphatic carbocycles. The van der Waals surface area contributed by atoms with E-state index in [2.05, 4.69) is 0 Å². The maximum absolute atomic E-state index is 12.6. The highest BCUT2D eigenvalue weighted by molar-refractivity contribution is 8.18. The third kappa shape index (κ3) is 5.34. The van der Waals surface area contributed by atoms with Crippen molar-refractivity contribution in [1.82, 2.24) is 4.90 Å². The number of carbonyl (C=O) groups is 4. The molecule has 0 saturated carbocycles.